The molecule has 1 aromatic heterocycles. The predicted molar refractivity (Wildman–Crippen MR) is 155 cm³/mol. The molecule has 2 heterocycles. The molecule has 2 aliphatic rings. The number of aliphatic hydroxyl groups is 1. The standard InChI is InChI=1S/C27H35BrN3O9P/c1-18(26(34)38-20-9-5-2-3-6-10-20)30-41(36,40-21-11-7-4-8-12-21)37-17-23-22(32)15-24(39-23)31-16-19(13-14-28)25(33)29-27(31)35/h4,7-8,11-14,16,18,20,22-24,32H,2-3,5-6,9-10,15,17H2,1H3,(H,30,36)(H,29,33,35)/b14-13+/t18-,22?,23?,24?,41?/m0/s1. The Labute approximate surface area is 245 Å². The Morgan fingerprint density at radius 1 is 1.24 bits per heavy atom. The highest BCUT2D eigenvalue weighted by Gasteiger charge is 2.40. The van der Waals surface area contributed by atoms with Crippen LogP contribution < -0.4 is 20.9 Å². The minimum absolute atomic E-state index is 0.0127. The number of carbonyl (C=O) groups excluding carboxylic acids is 1. The topological polar surface area (TPSA) is 158 Å². The summed E-state index contributed by atoms with van der Waals surface area (Å²) in [5.41, 5.74) is -1.08. The van der Waals surface area contributed by atoms with Crippen molar-refractivity contribution in [3.8, 4) is 5.75 Å². The average molecular weight is 656 g/mol. The summed E-state index contributed by atoms with van der Waals surface area (Å²) >= 11 is 3.10. The fraction of sp³-hybridized carbons (Fsp3) is 0.519. The molecule has 2 fully saturated rings. The van der Waals surface area contributed by atoms with Crippen LogP contribution in [0.2, 0.25) is 0 Å². The number of rotatable bonds is 11. The first-order chi connectivity index (χ1) is 19.7. The van der Waals surface area contributed by atoms with E-state index in [1.54, 1.807) is 30.3 Å². The van der Waals surface area contributed by atoms with Gasteiger partial charge in [0.1, 0.15) is 30.2 Å². The first-order valence-electron chi connectivity index (χ1n) is 13.6. The van der Waals surface area contributed by atoms with Crippen molar-refractivity contribution < 1.29 is 33.0 Å². The fourth-order valence-corrected chi connectivity index (χ4v) is 6.52. The number of para-hydroxylation sites is 1. The van der Waals surface area contributed by atoms with Crippen LogP contribution in [-0.2, 0) is 23.4 Å². The number of carbonyl (C=O) groups is 1. The maximum Gasteiger partial charge on any atom is 0.459 e. The third kappa shape index (κ3) is 8.73. The van der Waals surface area contributed by atoms with E-state index in [4.69, 9.17) is 18.5 Å². The lowest BCUT2D eigenvalue weighted by Gasteiger charge is -2.25. The van der Waals surface area contributed by atoms with E-state index in [0.29, 0.717) is 0 Å². The molecular weight excluding hydrogens is 621 g/mol. The lowest BCUT2D eigenvalue weighted by molar-refractivity contribution is -0.151. The number of aromatic amines is 1. The number of nitrogens with zero attached hydrogens (tertiary/aromatic N) is 1. The van der Waals surface area contributed by atoms with Gasteiger partial charge in [-0.2, -0.15) is 5.09 Å². The van der Waals surface area contributed by atoms with Gasteiger partial charge in [0.25, 0.3) is 5.56 Å². The Kier molecular flexibility index (Phi) is 11.2. The summed E-state index contributed by atoms with van der Waals surface area (Å²) in [6, 6.07) is 7.31. The average Bonchev–Trinajstić information content (AvgIpc) is 3.12. The van der Waals surface area contributed by atoms with Gasteiger partial charge in [-0.3, -0.25) is 23.7 Å². The van der Waals surface area contributed by atoms with E-state index in [1.807, 2.05) is 0 Å². The number of benzene rings is 1. The number of nitrogens with one attached hydrogen (secondary N) is 2. The molecule has 0 radical (unpaired) electrons. The van der Waals surface area contributed by atoms with E-state index in [2.05, 4.69) is 26.0 Å². The molecule has 0 bridgehead atoms. The van der Waals surface area contributed by atoms with Crippen molar-refractivity contribution in [1.29, 1.82) is 0 Å². The Morgan fingerprint density at radius 2 is 1.95 bits per heavy atom. The van der Waals surface area contributed by atoms with E-state index >= 15 is 0 Å². The fourth-order valence-electron chi connectivity index (χ4n) is 4.73. The van der Waals surface area contributed by atoms with Crippen molar-refractivity contribution in [1.82, 2.24) is 14.6 Å². The van der Waals surface area contributed by atoms with Gasteiger partial charge in [-0.15, -0.1) is 0 Å². The molecular formula is C27H35BrN3O9P. The number of aromatic nitrogens is 2. The second-order valence-electron chi connectivity index (χ2n) is 10.1. The smallest absolute Gasteiger partial charge is 0.459 e. The van der Waals surface area contributed by atoms with Crippen molar-refractivity contribution in [3.63, 3.8) is 0 Å². The number of hydrogen-bond acceptors (Lipinski definition) is 9. The molecule has 4 rings (SSSR count). The molecule has 1 aliphatic heterocycles. The van der Waals surface area contributed by atoms with Gasteiger partial charge in [0.05, 0.1) is 18.3 Å². The van der Waals surface area contributed by atoms with Gasteiger partial charge in [0, 0.05) is 12.6 Å². The molecule has 12 nitrogen and oxygen atoms in total. The number of H-pyrrole nitrogens is 1. The van der Waals surface area contributed by atoms with Crippen LogP contribution in [0.4, 0.5) is 0 Å². The molecule has 0 amide bonds. The summed E-state index contributed by atoms with van der Waals surface area (Å²) in [5.74, 6) is -0.328. The largest absolute Gasteiger partial charge is 0.461 e. The molecule has 3 N–H and O–H groups in total. The Bertz CT molecular complexity index is 1360. The minimum Gasteiger partial charge on any atom is -0.461 e. The van der Waals surface area contributed by atoms with E-state index in [0.717, 1.165) is 43.1 Å². The summed E-state index contributed by atoms with van der Waals surface area (Å²) < 4.78 is 37.9. The predicted octanol–water partition coefficient (Wildman–Crippen LogP) is 4.00. The van der Waals surface area contributed by atoms with Crippen LogP contribution in [0.1, 0.15) is 63.7 Å². The van der Waals surface area contributed by atoms with Crippen molar-refractivity contribution in [3.05, 3.63) is 67.9 Å². The summed E-state index contributed by atoms with van der Waals surface area (Å²) in [4.78, 5) is 41.0. The van der Waals surface area contributed by atoms with Gasteiger partial charge in [-0.1, -0.05) is 47.0 Å². The number of ether oxygens (including phenoxy) is 2. The third-order valence-corrected chi connectivity index (χ3v) is 8.83. The van der Waals surface area contributed by atoms with Crippen LogP contribution in [0, 0.1) is 0 Å². The van der Waals surface area contributed by atoms with Crippen LogP contribution in [0.15, 0.2) is 51.1 Å². The first-order valence-corrected chi connectivity index (χ1v) is 16.1. The van der Waals surface area contributed by atoms with Gasteiger partial charge < -0.3 is 19.1 Å². The SMILES string of the molecule is C[C@H](NP(=O)(OCC1OC(n2cc(/C=C/Br)c(=O)[nH]c2=O)CC1O)Oc1ccccc1)C(=O)OC1CCCCCC1. The second kappa shape index (κ2) is 14.6. The molecule has 1 saturated carbocycles. The van der Waals surface area contributed by atoms with Crippen LogP contribution >= 0.6 is 23.7 Å². The second-order valence-corrected chi connectivity index (χ2v) is 12.3. The maximum atomic E-state index is 13.9. The number of halogens is 1. The molecule has 14 heteroatoms. The minimum atomic E-state index is -4.19. The third-order valence-electron chi connectivity index (χ3n) is 6.92. The Hall–Kier alpha value is -2.54. The molecule has 4 unspecified atom stereocenters. The summed E-state index contributed by atoms with van der Waals surface area (Å²) in [6.45, 7) is 1.13. The maximum absolute atomic E-state index is 13.9. The van der Waals surface area contributed by atoms with Gasteiger partial charge in [-0.25, -0.2) is 9.36 Å². The molecule has 224 valence electrons. The zero-order chi connectivity index (χ0) is 29.4. The Balaban J connectivity index is 1.44. The van der Waals surface area contributed by atoms with Crippen LogP contribution in [0.3, 0.4) is 0 Å². The number of hydrogen-bond donors (Lipinski definition) is 3. The summed E-state index contributed by atoms with van der Waals surface area (Å²) in [5, 5.41) is 13.3. The zero-order valence-corrected chi connectivity index (χ0v) is 25.1. The van der Waals surface area contributed by atoms with Gasteiger partial charge in [0.2, 0.25) is 0 Å². The molecule has 0 spiro atoms. The highest BCUT2D eigenvalue weighted by atomic mass is 79.9. The molecule has 5 atom stereocenters. The summed E-state index contributed by atoms with van der Waals surface area (Å²) in [6.07, 6.45) is 5.40. The van der Waals surface area contributed by atoms with Gasteiger partial charge >= 0.3 is 19.4 Å². The van der Waals surface area contributed by atoms with Crippen LogP contribution in [0.5, 0.6) is 5.75 Å². The van der Waals surface area contributed by atoms with Crippen molar-refractivity contribution in [2.75, 3.05) is 6.61 Å². The highest BCUT2D eigenvalue weighted by Crippen LogP contribution is 2.46. The van der Waals surface area contributed by atoms with Crippen molar-refractivity contribution >= 4 is 35.7 Å². The normalized spacial score (nSPS) is 24.0. The molecule has 41 heavy (non-hydrogen) atoms. The van der Waals surface area contributed by atoms with Crippen molar-refractivity contribution in [2.45, 2.75) is 82.5 Å². The molecule has 1 aromatic carbocycles. The first kappa shape index (κ1) is 31.4. The zero-order valence-electron chi connectivity index (χ0n) is 22.6. The van der Waals surface area contributed by atoms with Crippen LogP contribution in [-0.4, -0.2) is 51.6 Å². The molecule has 2 aromatic rings. The van der Waals surface area contributed by atoms with E-state index < -0.39 is 49.4 Å². The monoisotopic (exact) mass is 655 g/mol. The van der Waals surface area contributed by atoms with E-state index in [-0.39, 0.29) is 30.4 Å². The van der Waals surface area contributed by atoms with E-state index in [9.17, 15) is 24.1 Å². The van der Waals surface area contributed by atoms with Crippen molar-refractivity contribution in [2.24, 2.45) is 0 Å². The van der Waals surface area contributed by atoms with Gasteiger partial charge in [0.15, 0.2) is 0 Å². The molecule has 1 aliphatic carbocycles. The quantitative estimate of drug-likeness (QED) is 0.184. The van der Waals surface area contributed by atoms with Crippen LogP contribution in [0.25, 0.3) is 6.08 Å². The number of aliphatic hydroxyl groups excluding tert-OH is 1. The highest BCUT2D eigenvalue weighted by molar-refractivity contribution is 9.11. The van der Waals surface area contributed by atoms with Gasteiger partial charge in [-0.05, 0) is 55.8 Å². The summed E-state index contributed by atoms with van der Waals surface area (Å²) in [7, 11) is -4.19. The van der Waals surface area contributed by atoms with E-state index in [1.165, 1.54) is 24.2 Å². The Morgan fingerprint density at radius 3 is 2.63 bits per heavy atom. The lowest BCUT2D eigenvalue weighted by Crippen LogP contribution is -2.38. The lowest BCUT2D eigenvalue weighted by atomic mass is 10.1. The number of esters is 1. The molecule has 1 saturated heterocycles.